The summed E-state index contributed by atoms with van der Waals surface area (Å²) >= 11 is 7.06. The van der Waals surface area contributed by atoms with E-state index in [1.807, 2.05) is 0 Å². The molecule has 0 aromatic carbocycles. The lowest BCUT2D eigenvalue weighted by atomic mass is 10.5. The molecule has 0 aliphatic heterocycles. The minimum absolute atomic E-state index is 0.104. The molecule has 4 nitrogen and oxygen atoms in total. The van der Waals surface area contributed by atoms with Gasteiger partial charge in [-0.25, -0.2) is 8.42 Å². The van der Waals surface area contributed by atoms with E-state index in [1.54, 1.807) is 14.0 Å². The van der Waals surface area contributed by atoms with Crippen molar-refractivity contribution in [2.45, 2.75) is 11.8 Å². The summed E-state index contributed by atoms with van der Waals surface area (Å²) in [7, 11) is -1.69. The molecule has 0 saturated carbocycles. The number of hydrogen-bond acceptors (Lipinski definition) is 3. The van der Waals surface area contributed by atoms with Crippen molar-refractivity contribution >= 4 is 39.8 Å². The number of halogens is 2. The van der Waals surface area contributed by atoms with E-state index in [4.69, 9.17) is 11.6 Å². The van der Waals surface area contributed by atoms with Crippen LogP contribution in [0.1, 0.15) is 5.69 Å². The van der Waals surface area contributed by atoms with Crippen LogP contribution in [0.5, 0.6) is 0 Å². The second-order valence-corrected chi connectivity index (χ2v) is 7.39. The van der Waals surface area contributed by atoms with Crippen molar-refractivity contribution < 1.29 is 8.42 Å². The SMILES string of the molecule is Cc1nn(C)c(Cl)c1S(=O)(=O)I. The van der Waals surface area contributed by atoms with Crippen LogP contribution < -0.4 is 0 Å². The van der Waals surface area contributed by atoms with Gasteiger partial charge in [0.25, 0.3) is 0 Å². The zero-order valence-electron chi connectivity index (χ0n) is 6.38. The van der Waals surface area contributed by atoms with Gasteiger partial charge in [0, 0.05) is 7.05 Å². The summed E-state index contributed by atoms with van der Waals surface area (Å²) in [5.41, 5.74) is 0.428. The van der Waals surface area contributed by atoms with Crippen molar-refractivity contribution in [2.24, 2.45) is 7.05 Å². The molecule has 0 unspecified atom stereocenters. The van der Waals surface area contributed by atoms with Crippen LogP contribution in [-0.4, -0.2) is 18.2 Å². The average Bonchev–Trinajstić information content (AvgIpc) is 2.05. The van der Waals surface area contributed by atoms with Gasteiger partial charge in [-0.2, -0.15) is 5.10 Å². The van der Waals surface area contributed by atoms with Crippen molar-refractivity contribution in [2.75, 3.05) is 0 Å². The van der Waals surface area contributed by atoms with Crippen LogP contribution >= 0.6 is 32.8 Å². The first-order valence-corrected chi connectivity index (χ1v) is 7.38. The standard InChI is InChI=1S/C5H6ClIN2O2S/c1-3-4(12(7,10)11)5(6)9(2)8-3/h1-2H3. The lowest BCUT2D eigenvalue weighted by Crippen LogP contribution is -1.92. The highest BCUT2D eigenvalue weighted by atomic mass is 127. The first-order valence-electron chi connectivity index (χ1n) is 2.98. The summed E-state index contributed by atoms with van der Waals surface area (Å²) in [6.45, 7) is 1.61. The van der Waals surface area contributed by atoms with Crippen LogP contribution in [-0.2, 0) is 14.1 Å². The molecule has 0 bridgehead atoms. The number of hydrogen-bond donors (Lipinski definition) is 0. The smallest absolute Gasteiger partial charge is 0.236 e. The Kier molecular flexibility index (Phi) is 2.69. The Hall–Kier alpha value is 0.180. The van der Waals surface area contributed by atoms with Crippen molar-refractivity contribution in [3.63, 3.8) is 0 Å². The molecular formula is C5H6ClIN2O2S. The number of aromatic nitrogens is 2. The first kappa shape index (κ1) is 10.3. The summed E-state index contributed by atoms with van der Waals surface area (Å²) in [5, 5.41) is 4.03. The lowest BCUT2D eigenvalue weighted by Gasteiger charge is -1.93. The lowest BCUT2D eigenvalue weighted by molar-refractivity contribution is 0.612. The zero-order valence-corrected chi connectivity index (χ0v) is 10.1. The maximum atomic E-state index is 11.1. The van der Waals surface area contributed by atoms with Gasteiger partial charge in [-0.1, -0.05) is 11.6 Å². The Labute approximate surface area is 87.4 Å². The predicted octanol–water partition coefficient (Wildman–Crippen LogP) is 1.51. The fraction of sp³-hybridized carbons (Fsp3) is 0.400. The first-order chi connectivity index (χ1) is 5.34. The molecule has 0 spiro atoms. The molecule has 1 aromatic rings. The van der Waals surface area contributed by atoms with Gasteiger partial charge in [0.2, 0.25) is 7.01 Å². The van der Waals surface area contributed by atoms with Crippen LogP contribution in [0.25, 0.3) is 0 Å². The van der Waals surface area contributed by atoms with E-state index in [9.17, 15) is 8.42 Å². The van der Waals surface area contributed by atoms with Crippen molar-refractivity contribution in [1.82, 2.24) is 9.78 Å². The third kappa shape index (κ3) is 1.74. The van der Waals surface area contributed by atoms with Crippen LogP contribution in [0, 0.1) is 6.92 Å². The number of nitrogens with zero attached hydrogens (tertiary/aromatic N) is 2. The van der Waals surface area contributed by atoms with Crippen LogP contribution in [0.4, 0.5) is 0 Å². The quantitative estimate of drug-likeness (QED) is 0.582. The summed E-state index contributed by atoms with van der Waals surface area (Å²) < 4.78 is 23.6. The van der Waals surface area contributed by atoms with E-state index in [2.05, 4.69) is 5.10 Å². The van der Waals surface area contributed by atoms with E-state index >= 15 is 0 Å². The molecule has 0 aliphatic carbocycles. The van der Waals surface area contributed by atoms with Gasteiger partial charge in [-0.05, 0) is 6.92 Å². The van der Waals surface area contributed by atoms with Crippen LogP contribution in [0.2, 0.25) is 5.15 Å². The summed E-state index contributed by atoms with van der Waals surface area (Å²) in [5.74, 6) is 0. The number of rotatable bonds is 1. The van der Waals surface area contributed by atoms with Crippen molar-refractivity contribution in [3.8, 4) is 0 Å². The topological polar surface area (TPSA) is 52.0 Å². The minimum Gasteiger partial charge on any atom is -0.255 e. The highest BCUT2D eigenvalue weighted by Crippen LogP contribution is 2.28. The van der Waals surface area contributed by atoms with Gasteiger partial charge >= 0.3 is 0 Å². The monoisotopic (exact) mass is 320 g/mol. The van der Waals surface area contributed by atoms with E-state index in [0.717, 1.165) is 0 Å². The molecular weight excluding hydrogens is 314 g/mol. The van der Waals surface area contributed by atoms with Gasteiger partial charge in [0.1, 0.15) is 10.0 Å². The Morgan fingerprint density at radius 1 is 1.58 bits per heavy atom. The van der Waals surface area contributed by atoms with E-state index in [1.165, 1.54) is 25.9 Å². The highest BCUT2D eigenvalue weighted by Gasteiger charge is 2.21. The Bertz CT molecular complexity index is 411. The molecule has 0 saturated heterocycles. The molecule has 0 atom stereocenters. The van der Waals surface area contributed by atoms with E-state index < -0.39 is 7.01 Å². The molecule has 1 aromatic heterocycles. The van der Waals surface area contributed by atoms with Crippen molar-refractivity contribution in [3.05, 3.63) is 10.8 Å². The molecule has 68 valence electrons. The molecule has 1 rings (SSSR count). The van der Waals surface area contributed by atoms with Gasteiger partial charge in [0.05, 0.1) is 26.9 Å². The fourth-order valence-electron chi connectivity index (χ4n) is 0.888. The van der Waals surface area contributed by atoms with E-state index in [0.29, 0.717) is 5.69 Å². The summed E-state index contributed by atoms with van der Waals surface area (Å²) in [6, 6.07) is 0. The molecule has 7 heteroatoms. The second-order valence-electron chi connectivity index (χ2n) is 2.27. The van der Waals surface area contributed by atoms with Gasteiger partial charge in [-0.3, -0.25) is 4.68 Å². The maximum absolute atomic E-state index is 11.1. The maximum Gasteiger partial charge on any atom is 0.236 e. The Morgan fingerprint density at radius 2 is 2.08 bits per heavy atom. The predicted molar refractivity (Wildman–Crippen MR) is 54.2 cm³/mol. The molecule has 0 amide bonds. The summed E-state index contributed by atoms with van der Waals surface area (Å²) in [4.78, 5) is 0.104. The molecule has 0 N–H and O–H groups in total. The normalized spacial score (nSPS) is 12.0. The molecule has 0 fully saturated rings. The fourth-order valence-corrected chi connectivity index (χ4v) is 4.07. The number of aryl methyl sites for hydroxylation is 2. The third-order valence-corrected chi connectivity index (χ3v) is 4.19. The highest BCUT2D eigenvalue weighted by molar-refractivity contribution is 14.2. The Morgan fingerprint density at radius 3 is 2.25 bits per heavy atom. The van der Waals surface area contributed by atoms with Crippen molar-refractivity contribution in [1.29, 1.82) is 0 Å². The third-order valence-electron chi connectivity index (χ3n) is 1.34. The van der Waals surface area contributed by atoms with Gasteiger partial charge in [-0.15, -0.1) is 0 Å². The largest absolute Gasteiger partial charge is 0.255 e. The van der Waals surface area contributed by atoms with Crippen LogP contribution in [0.15, 0.2) is 4.90 Å². The molecule has 1 heterocycles. The average molecular weight is 321 g/mol. The van der Waals surface area contributed by atoms with E-state index in [-0.39, 0.29) is 10.0 Å². The Balaban J connectivity index is 3.54. The zero-order chi connectivity index (χ0) is 9.52. The van der Waals surface area contributed by atoms with Gasteiger partial charge < -0.3 is 0 Å². The molecule has 0 radical (unpaired) electrons. The minimum atomic E-state index is -3.29. The molecule has 0 aliphatic rings. The van der Waals surface area contributed by atoms with Gasteiger partial charge in [0.15, 0.2) is 0 Å². The summed E-state index contributed by atoms with van der Waals surface area (Å²) in [6.07, 6.45) is 0. The van der Waals surface area contributed by atoms with Crippen LogP contribution in [0.3, 0.4) is 0 Å². The molecule has 12 heavy (non-hydrogen) atoms. The second kappa shape index (κ2) is 3.15.